The Balaban J connectivity index is 2.22. The lowest BCUT2D eigenvalue weighted by atomic mass is 10.3. The molecule has 0 amide bonds. The maximum atomic E-state index is 10.6. The van der Waals surface area contributed by atoms with Crippen LogP contribution in [0.2, 0.25) is 0 Å². The van der Waals surface area contributed by atoms with Crippen LogP contribution in [0.5, 0.6) is 0 Å². The van der Waals surface area contributed by atoms with Gasteiger partial charge in [0.25, 0.3) is 0 Å². The van der Waals surface area contributed by atoms with E-state index in [4.69, 9.17) is 9.63 Å². The Morgan fingerprint density at radius 3 is 2.83 bits per heavy atom. The third-order valence-corrected chi connectivity index (χ3v) is 2.67. The highest BCUT2D eigenvalue weighted by Gasteiger charge is 2.10. The number of hydrogen-bond acceptors (Lipinski definition) is 5. The van der Waals surface area contributed by atoms with Crippen LogP contribution in [-0.4, -0.2) is 47.3 Å². The minimum atomic E-state index is -1.06. The summed E-state index contributed by atoms with van der Waals surface area (Å²) in [5, 5.41) is 15.3. The second-order valence-electron chi connectivity index (χ2n) is 4.09. The van der Waals surface area contributed by atoms with Gasteiger partial charge in [-0.1, -0.05) is 19.0 Å². The third-order valence-electron chi connectivity index (χ3n) is 2.67. The normalized spacial score (nSPS) is 11.1. The zero-order chi connectivity index (χ0) is 13.4. The molecule has 18 heavy (non-hydrogen) atoms. The van der Waals surface area contributed by atoms with Gasteiger partial charge in [-0.15, -0.1) is 0 Å². The highest BCUT2D eigenvalue weighted by Crippen LogP contribution is 2.02. The third kappa shape index (κ3) is 4.85. The molecule has 0 saturated carbocycles. The van der Waals surface area contributed by atoms with Crippen molar-refractivity contribution in [1.29, 1.82) is 0 Å². The Kier molecular flexibility index (Phi) is 6.38. The molecule has 0 aromatic carbocycles. The van der Waals surface area contributed by atoms with Crippen molar-refractivity contribution in [2.24, 2.45) is 0 Å². The van der Waals surface area contributed by atoms with Gasteiger partial charge >= 0.3 is 5.97 Å². The molecule has 1 rings (SSSR count). The monoisotopic (exact) mass is 255 g/mol. The van der Waals surface area contributed by atoms with E-state index in [1.54, 1.807) is 0 Å². The lowest BCUT2D eigenvalue weighted by molar-refractivity contribution is 0.0685. The van der Waals surface area contributed by atoms with Crippen LogP contribution >= 0.6 is 0 Å². The molecule has 0 fully saturated rings. The van der Waals surface area contributed by atoms with Crippen molar-refractivity contribution in [3.63, 3.8) is 0 Å². The molecule has 2 N–H and O–H groups in total. The van der Waals surface area contributed by atoms with E-state index in [1.165, 1.54) is 6.07 Å². The summed E-state index contributed by atoms with van der Waals surface area (Å²) >= 11 is 0. The molecule has 0 saturated heterocycles. The Morgan fingerprint density at radius 2 is 2.28 bits per heavy atom. The van der Waals surface area contributed by atoms with Crippen LogP contribution in [0.1, 0.15) is 36.5 Å². The van der Waals surface area contributed by atoms with Gasteiger partial charge in [0.15, 0.2) is 11.5 Å². The molecule has 1 aromatic heterocycles. The standard InChI is InChI=1S/C12H21N3O3/c1-3-6-15(4-2)7-5-13-9-10-8-11(12(16)17)14-18-10/h8,13H,3-7,9H2,1-2H3,(H,16,17). The minimum Gasteiger partial charge on any atom is -0.476 e. The highest BCUT2D eigenvalue weighted by molar-refractivity contribution is 5.85. The number of carbonyl (C=O) groups is 1. The van der Waals surface area contributed by atoms with Crippen LogP contribution in [0.25, 0.3) is 0 Å². The Hall–Kier alpha value is -1.40. The molecule has 0 aliphatic heterocycles. The van der Waals surface area contributed by atoms with Crippen LogP contribution < -0.4 is 5.32 Å². The molecule has 0 atom stereocenters. The predicted octanol–water partition coefficient (Wildman–Crippen LogP) is 1.19. The first-order chi connectivity index (χ1) is 8.67. The van der Waals surface area contributed by atoms with Crippen LogP contribution in [0.3, 0.4) is 0 Å². The van der Waals surface area contributed by atoms with Crippen LogP contribution in [0, 0.1) is 0 Å². The van der Waals surface area contributed by atoms with Crippen molar-refractivity contribution >= 4 is 5.97 Å². The van der Waals surface area contributed by atoms with E-state index < -0.39 is 5.97 Å². The molecule has 0 unspecified atom stereocenters. The second kappa shape index (κ2) is 7.84. The summed E-state index contributed by atoms with van der Waals surface area (Å²) in [5.41, 5.74) is -0.0482. The summed E-state index contributed by atoms with van der Waals surface area (Å²) in [4.78, 5) is 13.0. The van der Waals surface area contributed by atoms with Gasteiger partial charge in [-0.3, -0.25) is 0 Å². The number of nitrogens with one attached hydrogen (secondary N) is 1. The van der Waals surface area contributed by atoms with Crippen molar-refractivity contribution in [3.8, 4) is 0 Å². The first-order valence-corrected chi connectivity index (χ1v) is 6.29. The summed E-state index contributed by atoms with van der Waals surface area (Å²) in [6.07, 6.45) is 1.15. The fraction of sp³-hybridized carbons (Fsp3) is 0.667. The number of carboxylic acid groups (broad SMARTS) is 1. The van der Waals surface area contributed by atoms with Gasteiger partial charge < -0.3 is 19.8 Å². The average Bonchev–Trinajstić information content (AvgIpc) is 2.82. The van der Waals surface area contributed by atoms with Crippen LogP contribution in [0.15, 0.2) is 10.6 Å². The predicted molar refractivity (Wildman–Crippen MR) is 67.6 cm³/mol. The first-order valence-electron chi connectivity index (χ1n) is 6.29. The van der Waals surface area contributed by atoms with Gasteiger partial charge in [0.05, 0.1) is 6.54 Å². The average molecular weight is 255 g/mol. The van der Waals surface area contributed by atoms with E-state index in [0.717, 1.165) is 32.6 Å². The van der Waals surface area contributed by atoms with Crippen LogP contribution in [-0.2, 0) is 6.54 Å². The molecular weight excluding hydrogens is 234 g/mol. The molecular formula is C12H21N3O3. The SMILES string of the molecule is CCCN(CC)CCNCc1cc(C(=O)O)no1. The quantitative estimate of drug-likeness (QED) is 0.645. The van der Waals surface area contributed by atoms with Crippen molar-refractivity contribution in [1.82, 2.24) is 15.4 Å². The van der Waals surface area contributed by atoms with Crippen LogP contribution in [0.4, 0.5) is 0 Å². The molecule has 0 aliphatic rings. The molecule has 0 radical (unpaired) electrons. The Labute approximate surface area is 107 Å². The molecule has 102 valence electrons. The lowest BCUT2D eigenvalue weighted by Crippen LogP contribution is -2.32. The van der Waals surface area contributed by atoms with E-state index in [0.29, 0.717) is 12.3 Å². The second-order valence-corrected chi connectivity index (χ2v) is 4.09. The molecule has 0 bridgehead atoms. The first kappa shape index (κ1) is 14.7. The molecule has 0 spiro atoms. The van der Waals surface area contributed by atoms with Crippen molar-refractivity contribution in [3.05, 3.63) is 17.5 Å². The van der Waals surface area contributed by atoms with Gasteiger partial charge in [-0.05, 0) is 19.5 Å². The van der Waals surface area contributed by atoms with E-state index in [1.807, 2.05) is 0 Å². The largest absolute Gasteiger partial charge is 0.476 e. The number of rotatable bonds is 9. The minimum absolute atomic E-state index is 0.0482. The lowest BCUT2D eigenvalue weighted by Gasteiger charge is -2.19. The summed E-state index contributed by atoms with van der Waals surface area (Å²) in [7, 11) is 0. The Morgan fingerprint density at radius 1 is 1.50 bits per heavy atom. The molecule has 6 heteroatoms. The van der Waals surface area contributed by atoms with Gasteiger partial charge in [0, 0.05) is 19.2 Å². The van der Waals surface area contributed by atoms with Crippen molar-refractivity contribution < 1.29 is 14.4 Å². The highest BCUT2D eigenvalue weighted by atomic mass is 16.5. The molecule has 6 nitrogen and oxygen atoms in total. The van der Waals surface area contributed by atoms with E-state index in [2.05, 4.69) is 29.2 Å². The van der Waals surface area contributed by atoms with E-state index >= 15 is 0 Å². The summed E-state index contributed by atoms with van der Waals surface area (Å²) in [5.74, 6) is -0.518. The fourth-order valence-corrected chi connectivity index (χ4v) is 1.69. The van der Waals surface area contributed by atoms with Crippen molar-refractivity contribution in [2.75, 3.05) is 26.2 Å². The topological polar surface area (TPSA) is 78.6 Å². The number of carboxylic acids is 1. The number of nitrogens with zero attached hydrogens (tertiary/aromatic N) is 2. The summed E-state index contributed by atoms with van der Waals surface area (Å²) in [6.45, 7) is 8.78. The number of aromatic carboxylic acids is 1. The maximum absolute atomic E-state index is 10.6. The van der Waals surface area contributed by atoms with Gasteiger partial charge in [-0.25, -0.2) is 4.79 Å². The number of aromatic nitrogens is 1. The van der Waals surface area contributed by atoms with Gasteiger partial charge in [0.2, 0.25) is 0 Å². The zero-order valence-electron chi connectivity index (χ0n) is 11.0. The maximum Gasteiger partial charge on any atom is 0.358 e. The number of hydrogen-bond donors (Lipinski definition) is 2. The smallest absolute Gasteiger partial charge is 0.358 e. The molecule has 1 heterocycles. The Bertz CT molecular complexity index is 365. The van der Waals surface area contributed by atoms with E-state index in [-0.39, 0.29) is 5.69 Å². The zero-order valence-corrected chi connectivity index (χ0v) is 11.0. The summed E-state index contributed by atoms with van der Waals surface area (Å²) < 4.78 is 4.90. The number of likely N-dealkylation sites (N-methyl/N-ethyl adjacent to an activating group) is 1. The fourth-order valence-electron chi connectivity index (χ4n) is 1.69. The van der Waals surface area contributed by atoms with Crippen molar-refractivity contribution in [2.45, 2.75) is 26.8 Å². The summed E-state index contributed by atoms with van der Waals surface area (Å²) in [6, 6.07) is 1.44. The van der Waals surface area contributed by atoms with Gasteiger partial charge in [0.1, 0.15) is 0 Å². The van der Waals surface area contributed by atoms with Gasteiger partial charge in [-0.2, -0.15) is 0 Å². The molecule has 1 aromatic rings. The van der Waals surface area contributed by atoms with E-state index in [9.17, 15) is 4.79 Å². The molecule has 0 aliphatic carbocycles.